The molecule has 0 aliphatic carbocycles. The van der Waals surface area contributed by atoms with Gasteiger partial charge in [0.05, 0.1) is 24.0 Å². The third-order valence-corrected chi connectivity index (χ3v) is 3.83. The largest absolute Gasteiger partial charge is 0.349 e. The molecule has 5 heteroatoms. The van der Waals surface area contributed by atoms with Gasteiger partial charge in [0.2, 0.25) is 5.91 Å². The first kappa shape index (κ1) is 15.2. The van der Waals surface area contributed by atoms with Crippen LogP contribution < -0.4 is 5.32 Å². The van der Waals surface area contributed by atoms with E-state index in [1.54, 1.807) is 6.07 Å². The lowest BCUT2D eigenvalue weighted by atomic mass is 10.1. The van der Waals surface area contributed by atoms with Gasteiger partial charge in [-0.15, -0.1) is 0 Å². The van der Waals surface area contributed by atoms with Gasteiger partial charge < -0.3 is 9.88 Å². The van der Waals surface area contributed by atoms with Crippen LogP contribution in [0.2, 0.25) is 0 Å². The molecule has 0 radical (unpaired) electrons. The predicted octanol–water partition coefficient (Wildman–Crippen LogP) is 2.88. The molecule has 2 aromatic carbocycles. The van der Waals surface area contributed by atoms with E-state index >= 15 is 0 Å². The van der Waals surface area contributed by atoms with Gasteiger partial charge in [0.15, 0.2) is 0 Å². The number of aromatic nitrogens is 2. The molecule has 3 rings (SSSR count). The van der Waals surface area contributed by atoms with Crippen LogP contribution in [-0.2, 0) is 24.8 Å². The van der Waals surface area contributed by atoms with Crippen molar-refractivity contribution in [3.05, 3.63) is 65.2 Å². The van der Waals surface area contributed by atoms with E-state index in [0.717, 1.165) is 16.6 Å². The SMILES string of the molecule is Cc1cccc(CC(=O)NCc2nc3cc(F)ccc3n2C)c1. The van der Waals surface area contributed by atoms with Gasteiger partial charge in [-0.2, -0.15) is 0 Å². The van der Waals surface area contributed by atoms with Gasteiger partial charge in [-0.3, -0.25) is 4.79 Å². The first-order chi connectivity index (χ1) is 11.0. The maximum absolute atomic E-state index is 13.2. The normalized spacial score (nSPS) is 10.9. The number of hydrogen-bond donors (Lipinski definition) is 1. The van der Waals surface area contributed by atoms with E-state index in [4.69, 9.17) is 0 Å². The van der Waals surface area contributed by atoms with E-state index in [1.807, 2.05) is 42.8 Å². The number of imidazole rings is 1. The quantitative estimate of drug-likeness (QED) is 0.805. The van der Waals surface area contributed by atoms with Gasteiger partial charge in [-0.1, -0.05) is 29.8 Å². The zero-order valence-corrected chi connectivity index (χ0v) is 13.1. The third kappa shape index (κ3) is 3.39. The van der Waals surface area contributed by atoms with Crippen molar-refractivity contribution in [3.63, 3.8) is 0 Å². The molecular formula is C18H18FN3O. The Morgan fingerprint density at radius 2 is 2.09 bits per heavy atom. The molecule has 1 amide bonds. The summed E-state index contributed by atoms with van der Waals surface area (Å²) in [4.78, 5) is 16.4. The van der Waals surface area contributed by atoms with Crippen molar-refractivity contribution in [2.24, 2.45) is 7.05 Å². The smallest absolute Gasteiger partial charge is 0.224 e. The summed E-state index contributed by atoms with van der Waals surface area (Å²) in [6, 6.07) is 12.4. The van der Waals surface area contributed by atoms with Gasteiger partial charge in [-0.25, -0.2) is 9.37 Å². The molecule has 118 valence electrons. The van der Waals surface area contributed by atoms with Gasteiger partial charge >= 0.3 is 0 Å². The molecular weight excluding hydrogens is 293 g/mol. The molecule has 0 spiro atoms. The zero-order chi connectivity index (χ0) is 16.4. The van der Waals surface area contributed by atoms with Gasteiger partial charge in [0, 0.05) is 13.1 Å². The van der Waals surface area contributed by atoms with E-state index in [2.05, 4.69) is 10.3 Å². The molecule has 4 nitrogen and oxygen atoms in total. The number of fused-ring (bicyclic) bond motifs is 1. The number of halogens is 1. The minimum Gasteiger partial charge on any atom is -0.349 e. The molecule has 1 N–H and O–H groups in total. The lowest BCUT2D eigenvalue weighted by molar-refractivity contribution is -0.120. The molecule has 0 unspecified atom stereocenters. The number of rotatable bonds is 4. The summed E-state index contributed by atoms with van der Waals surface area (Å²) in [5.74, 6) is 0.322. The molecule has 0 aliphatic heterocycles. The predicted molar refractivity (Wildman–Crippen MR) is 87.4 cm³/mol. The number of carbonyl (C=O) groups is 1. The number of hydrogen-bond acceptors (Lipinski definition) is 2. The third-order valence-electron chi connectivity index (χ3n) is 3.83. The average Bonchev–Trinajstić information content (AvgIpc) is 2.81. The zero-order valence-electron chi connectivity index (χ0n) is 13.1. The Morgan fingerprint density at radius 3 is 2.87 bits per heavy atom. The molecule has 0 fully saturated rings. The van der Waals surface area contributed by atoms with Crippen molar-refractivity contribution in [1.82, 2.24) is 14.9 Å². The van der Waals surface area contributed by atoms with E-state index in [-0.39, 0.29) is 11.7 Å². The summed E-state index contributed by atoms with van der Waals surface area (Å²) in [6.45, 7) is 2.32. The highest BCUT2D eigenvalue weighted by atomic mass is 19.1. The molecule has 0 saturated heterocycles. The van der Waals surface area contributed by atoms with Crippen LogP contribution in [0.15, 0.2) is 42.5 Å². The Kier molecular flexibility index (Phi) is 4.10. The van der Waals surface area contributed by atoms with Crippen LogP contribution in [0.25, 0.3) is 11.0 Å². The van der Waals surface area contributed by atoms with E-state index in [1.165, 1.54) is 12.1 Å². The minimum absolute atomic E-state index is 0.0613. The first-order valence-electron chi connectivity index (χ1n) is 7.46. The van der Waals surface area contributed by atoms with Crippen LogP contribution in [-0.4, -0.2) is 15.5 Å². The molecule has 0 saturated carbocycles. The highest BCUT2D eigenvalue weighted by Crippen LogP contribution is 2.16. The van der Waals surface area contributed by atoms with Crippen molar-refractivity contribution in [2.75, 3.05) is 0 Å². The lowest BCUT2D eigenvalue weighted by Gasteiger charge is -2.06. The number of benzene rings is 2. The van der Waals surface area contributed by atoms with Crippen molar-refractivity contribution >= 4 is 16.9 Å². The van der Waals surface area contributed by atoms with Crippen LogP contribution in [0.5, 0.6) is 0 Å². The van der Waals surface area contributed by atoms with Crippen LogP contribution in [0.4, 0.5) is 4.39 Å². The summed E-state index contributed by atoms with van der Waals surface area (Å²) < 4.78 is 15.1. The highest BCUT2D eigenvalue weighted by Gasteiger charge is 2.10. The summed E-state index contributed by atoms with van der Waals surface area (Å²) in [6.07, 6.45) is 0.334. The standard InChI is InChI=1S/C18H18FN3O/c1-12-4-3-5-13(8-12)9-18(23)20-11-17-21-15-10-14(19)6-7-16(15)22(17)2/h3-8,10H,9,11H2,1-2H3,(H,20,23). The topological polar surface area (TPSA) is 46.9 Å². The van der Waals surface area contributed by atoms with Crippen molar-refractivity contribution in [1.29, 1.82) is 0 Å². The summed E-state index contributed by atoms with van der Waals surface area (Å²) >= 11 is 0. The Hall–Kier alpha value is -2.69. The van der Waals surface area contributed by atoms with Crippen LogP contribution in [0.3, 0.4) is 0 Å². The molecule has 0 aliphatic rings. The molecule has 1 aromatic heterocycles. The maximum Gasteiger partial charge on any atom is 0.224 e. The van der Waals surface area contributed by atoms with E-state index < -0.39 is 0 Å². The lowest BCUT2D eigenvalue weighted by Crippen LogP contribution is -2.26. The Balaban J connectivity index is 1.68. The summed E-state index contributed by atoms with van der Waals surface area (Å²) in [5.41, 5.74) is 3.55. The molecule has 0 atom stereocenters. The van der Waals surface area contributed by atoms with Crippen molar-refractivity contribution < 1.29 is 9.18 Å². The minimum atomic E-state index is -0.314. The number of amides is 1. The Bertz CT molecular complexity index is 870. The van der Waals surface area contributed by atoms with Crippen molar-refractivity contribution in [2.45, 2.75) is 19.9 Å². The fourth-order valence-corrected chi connectivity index (χ4v) is 2.63. The van der Waals surface area contributed by atoms with Gasteiger partial charge in [0.25, 0.3) is 0 Å². The average molecular weight is 311 g/mol. The van der Waals surface area contributed by atoms with Gasteiger partial charge in [0.1, 0.15) is 11.6 Å². The van der Waals surface area contributed by atoms with Crippen LogP contribution in [0, 0.1) is 12.7 Å². The Labute approximate surface area is 134 Å². The number of nitrogens with zero attached hydrogens (tertiary/aromatic N) is 2. The number of carbonyl (C=O) groups excluding carboxylic acids is 1. The number of nitrogens with one attached hydrogen (secondary N) is 1. The first-order valence-corrected chi connectivity index (χ1v) is 7.46. The Morgan fingerprint density at radius 1 is 1.26 bits per heavy atom. The maximum atomic E-state index is 13.2. The molecule has 23 heavy (non-hydrogen) atoms. The second-order valence-electron chi connectivity index (χ2n) is 5.66. The van der Waals surface area contributed by atoms with Gasteiger partial charge in [-0.05, 0) is 24.6 Å². The molecule has 1 heterocycles. The fraction of sp³-hybridized carbons (Fsp3) is 0.222. The number of aryl methyl sites for hydroxylation is 2. The summed E-state index contributed by atoms with van der Waals surface area (Å²) in [5, 5.41) is 2.87. The fourth-order valence-electron chi connectivity index (χ4n) is 2.63. The monoisotopic (exact) mass is 311 g/mol. The van der Waals surface area contributed by atoms with Crippen LogP contribution >= 0.6 is 0 Å². The van der Waals surface area contributed by atoms with Crippen molar-refractivity contribution in [3.8, 4) is 0 Å². The second kappa shape index (κ2) is 6.20. The molecule has 3 aromatic rings. The molecule has 0 bridgehead atoms. The van der Waals surface area contributed by atoms with E-state index in [0.29, 0.717) is 24.3 Å². The van der Waals surface area contributed by atoms with E-state index in [9.17, 15) is 9.18 Å². The summed E-state index contributed by atoms with van der Waals surface area (Å²) in [7, 11) is 1.86. The highest BCUT2D eigenvalue weighted by molar-refractivity contribution is 5.79. The second-order valence-corrected chi connectivity index (χ2v) is 5.66. The van der Waals surface area contributed by atoms with Crippen LogP contribution in [0.1, 0.15) is 17.0 Å².